The molecule has 0 aliphatic rings. The van der Waals surface area contributed by atoms with Crippen molar-refractivity contribution in [2.45, 2.75) is 61.3 Å². The third-order valence-electron chi connectivity index (χ3n) is 2.59. The maximum absolute atomic E-state index is 9.93. The summed E-state index contributed by atoms with van der Waals surface area (Å²) in [5.41, 5.74) is 4.11. The predicted molar refractivity (Wildman–Crippen MR) is 85.6 cm³/mol. The molecule has 0 aliphatic heterocycles. The molecule has 1 rings (SSSR count). The van der Waals surface area contributed by atoms with Gasteiger partial charge in [0.1, 0.15) is 0 Å². The molecule has 1 aromatic carbocycles. The van der Waals surface area contributed by atoms with Gasteiger partial charge in [-0.15, -0.1) is 0 Å². The van der Waals surface area contributed by atoms with E-state index >= 15 is 0 Å². The van der Waals surface area contributed by atoms with Gasteiger partial charge in [0.15, 0.2) is 0 Å². The summed E-state index contributed by atoms with van der Waals surface area (Å²) in [6.07, 6.45) is 2.64. The molecule has 0 aromatic heterocycles. The van der Waals surface area contributed by atoms with Crippen LogP contribution in [0.3, 0.4) is 0 Å². The first-order valence-corrected chi connectivity index (χ1v) is 7.17. The van der Waals surface area contributed by atoms with Gasteiger partial charge in [0.2, 0.25) is 5.91 Å². The highest BCUT2D eigenvalue weighted by atomic mass is 16.1. The minimum atomic E-state index is 0.0394. The summed E-state index contributed by atoms with van der Waals surface area (Å²) in [4.78, 5) is 9.93. The minimum absolute atomic E-state index is 0.0394. The van der Waals surface area contributed by atoms with Crippen molar-refractivity contribution < 1.29 is 4.79 Å². The molecular formula is C17H31NO. The zero-order valence-electron chi connectivity index (χ0n) is 13.8. The van der Waals surface area contributed by atoms with Crippen molar-refractivity contribution in [2.24, 2.45) is 0 Å². The van der Waals surface area contributed by atoms with Gasteiger partial charge in [-0.2, -0.15) is 0 Å². The Morgan fingerprint density at radius 2 is 1.53 bits per heavy atom. The van der Waals surface area contributed by atoms with E-state index < -0.39 is 0 Å². The van der Waals surface area contributed by atoms with Crippen LogP contribution in [0.4, 0.5) is 0 Å². The second-order valence-corrected chi connectivity index (χ2v) is 4.67. The molecule has 1 aromatic rings. The van der Waals surface area contributed by atoms with E-state index in [0.717, 1.165) is 6.54 Å². The Balaban J connectivity index is 0. The largest absolute Gasteiger partial charge is 0.357 e. The first-order valence-electron chi connectivity index (χ1n) is 7.17. The van der Waals surface area contributed by atoms with Crippen LogP contribution in [0, 0.1) is 20.8 Å². The van der Waals surface area contributed by atoms with Gasteiger partial charge >= 0.3 is 0 Å². The van der Waals surface area contributed by atoms with Crippen molar-refractivity contribution in [3.8, 4) is 0 Å². The third-order valence-corrected chi connectivity index (χ3v) is 2.59. The van der Waals surface area contributed by atoms with E-state index in [1.165, 1.54) is 36.5 Å². The van der Waals surface area contributed by atoms with Gasteiger partial charge < -0.3 is 5.32 Å². The lowest BCUT2D eigenvalue weighted by Crippen LogP contribution is -2.18. The minimum Gasteiger partial charge on any atom is -0.357 e. The molecule has 2 heteroatoms. The van der Waals surface area contributed by atoms with E-state index in [1.54, 1.807) is 0 Å². The van der Waals surface area contributed by atoms with Gasteiger partial charge in [-0.25, -0.2) is 0 Å². The van der Waals surface area contributed by atoms with E-state index in [4.69, 9.17) is 0 Å². The molecule has 2 nitrogen and oxygen atoms in total. The lowest BCUT2D eigenvalue weighted by Gasteiger charge is -1.98. The number of carbonyl (C=O) groups is 1. The zero-order chi connectivity index (χ0) is 15.3. The van der Waals surface area contributed by atoms with Crippen LogP contribution in [0.1, 0.15) is 57.2 Å². The number of hydrogen-bond acceptors (Lipinski definition) is 1. The topological polar surface area (TPSA) is 29.1 Å². The predicted octanol–water partition coefficient (Wildman–Crippen LogP) is 4.56. The van der Waals surface area contributed by atoms with Crippen LogP contribution in [0.2, 0.25) is 0 Å². The molecule has 0 bridgehead atoms. The average molecular weight is 265 g/mol. The molecular weight excluding hydrogens is 234 g/mol. The summed E-state index contributed by atoms with van der Waals surface area (Å²) in [6.45, 7) is 14.9. The lowest BCUT2D eigenvalue weighted by molar-refractivity contribution is -0.118. The van der Waals surface area contributed by atoms with Crippen LogP contribution >= 0.6 is 0 Å². The molecule has 1 amide bonds. The van der Waals surface area contributed by atoms with Gasteiger partial charge in [0.05, 0.1) is 0 Å². The van der Waals surface area contributed by atoms with Crippen molar-refractivity contribution in [3.05, 3.63) is 34.9 Å². The Morgan fingerprint density at radius 3 is 1.74 bits per heavy atom. The number of aryl methyl sites for hydroxylation is 3. The monoisotopic (exact) mass is 265 g/mol. The number of hydrogen-bond donors (Lipinski definition) is 1. The Morgan fingerprint density at radius 1 is 1.00 bits per heavy atom. The molecule has 0 aliphatic carbocycles. The van der Waals surface area contributed by atoms with Crippen molar-refractivity contribution in [1.29, 1.82) is 0 Å². The van der Waals surface area contributed by atoms with Crippen LogP contribution < -0.4 is 5.32 Å². The molecule has 0 radical (unpaired) electrons. The van der Waals surface area contributed by atoms with Gasteiger partial charge in [0.25, 0.3) is 0 Å². The maximum atomic E-state index is 9.93. The normalized spacial score (nSPS) is 8.58. The quantitative estimate of drug-likeness (QED) is 0.834. The number of rotatable bonds is 2. The second-order valence-electron chi connectivity index (χ2n) is 4.67. The average Bonchev–Trinajstić information content (AvgIpc) is 2.35. The van der Waals surface area contributed by atoms with E-state index in [9.17, 15) is 4.79 Å². The molecule has 0 saturated heterocycles. The highest BCUT2D eigenvalue weighted by Crippen LogP contribution is 2.07. The Hall–Kier alpha value is -1.31. The lowest BCUT2D eigenvalue weighted by atomic mass is 10.1. The zero-order valence-corrected chi connectivity index (χ0v) is 13.8. The van der Waals surface area contributed by atoms with E-state index in [1.807, 2.05) is 6.92 Å². The third kappa shape index (κ3) is 14.6. The van der Waals surface area contributed by atoms with Gasteiger partial charge in [-0.05, 0) is 38.8 Å². The van der Waals surface area contributed by atoms with E-state index in [-0.39, 0.29) is 5.91 Å². The van der Waals surface area contributed by atoms with Crippen molar-refractivity contribution in [3.63, 3.8) is 0 Å². The Kier molecular flexibility index (Phi) is 13.8. The molecule has 0 fully saturated rings. The van der Waals surface area contributed by atoms with Crippen LogP contribution in [0.5, 0.6) is 0 Å². The number of amides is 1. The fraction of sp³-hybridized carbons (Fsp3) is 0.588. The molecule has 110 valence electrons. The number of carbonyl (C=O) groups excluding carboxylic acids is 1. The van der Waals surface area contributed by atoms with Gasteiger partial charge in [-0.1, -0.05) is 50.5 Å². The summed E-state index contributed by atoms with van der Waals surface area (Å²) in [5, 5.41) is 2.57. The summed E-state index contributed by atoms with van der Waals surface area (Å²) >= 11 is 0. The standard InChI is InChI=1S/C9H12.C4H9NO.C4H10/c1-7-4-5-8(2)9(3)6-7;1-3-5-4(2)6;1-3-4-2/h4-6H,1-3H3;3H2,1-2H3,(H,5,6);3-4H2,1-2H3. The molecule has 0 saturated carbocycles. The summed E-state index contributed by atoms with van der Waals surface area (Å²) in [6, 6.07) is 6.50. The SMILES string of the molecule is CCCC.CCNC(C)=O.Cc1ccc(C)c(C)c1. The second kappa shape index (κ2) is 13.1. The summed E-state index contributed by atoms with van der Waals surface area (Å²) in [7, 11) is 0. The molecule has 0 atom stereocenters. The molecule has 0 spiro atoms. The molecule has 0 heterocycles. The molecule has 0 unspecified atom stereocenters. The van der Waals surface area contributed by atoms with Crippen LogP contribution in [0.25, 0.3) is 0 Å². The molecule has 1 N–H and O–H groups in total. The maximum Gasteiger partial charge on any atom is 0.216 e. The van der Waals surface area contributed by atoms with Crippen LogP contribution in [-0.4, -0.2) is 12.5 Å². The highest BCUT2D eigenvalue weighted by molar-refractivity contribution is 5.72. The first-order chi connectivity index (χ1) is 8.88. The fourth-order valence-electron chi connectivity index (χ4n) is 1.14. The summed E-state index contributed by atoms with van der Waals surface area (Å²) < 4.78 is 0. The Bertz CT molecular complexity index is 343. The highest BCUT2D eigenvalue weighted by Gasteiger charge is 1.89. The van der Waals surface area contributed by atoms with Gasteiger partial charge in [0, 0.05) is 13.5 Å². The van der Waals surface area contributed by atoms with E-state index in [2.05, 4.69) is 58.1 Å². The number of nitrogens with one attached hydrogen (secondary N) is 1. The number of benzene rings is 1. The van der Waals surface area contributed by atoms with E-state index in [0.29, 0.717) is 0 Å². The van der Waals surface area contributed by atoms with Crippen molar-refractivity contribution >= 4 is 5.91 Å². The Labute approximate surface area is 119 Å². The van der Waals surface area contributed by atoms with Crippen LogP contribution in [-0.2, 0) is 4.79 Å². The first kappa shape index (κ1) is 20.0. The van der Waals surface area contributed by atoms with Crippen LogP contribution in [0.15, 0.2) is 18.2 Å². The molecule has 19 heavy (non-hydrogen) atoms. The van der Waals surface area contributed by atoms with Crippen molar-refractivity contribution in [1.82, 2.24) is 5.32 Å². The summed E-state index contributed by atoms with van der Waals surface area (Å²) in [5.74, 6) is 0.0394. The fourth-order valence-corrected chi connectivity index (χ4v) is 1.14. The van der Waals surface area contributed by atoms with Gasteiger partial charge in [-0.3, -0.25) is 4.79 Å². The van der Waals surface area contributed by atoms with Crippen molar-refractivity contribution in [2.75, 3.05) is 6.54 Å². The number of unbranched alkanes of at least 4 members (excludes halogenated alkanes) is 1. The smallest absolute Gasteiger partial charge is 0.216 e.